The summed E-state index contributed by atoms with van der Waals surface area (Å²) in [5.41, 5.74) is 3.60. The van der Waals surface area contributed by atoms with Crippen LogP contribution in [-0.4, -0.2) is 11.9 Å². The summed E-state index contributed by atoms with van der Waals surface area (Å²) in [6.45, 7) is 4.92. The monoisotopic (exact) mass is 418 g/mol. The molecule has 2 aliphatic rings. The maximum atomic E-state index is 11.3. The predicted molar refractivity (Wildman–Crippen MR) is 117 cm³/mol. The standard InChI is InChI=1S/C25H26N2O4/c1-4-23-24(18-8-12-21(13-9-18)30-16(2)28)26-27-25(23,19-6-5-7-19)20-10-14-22(15-11-20)31-17(3)29/h8-15,19H,4-7H2,1-3H3. The molecule has 2 aromatic rings. The minimum Gasteiger partial charge on any atom is -0.427 e. The first-order valence-electron chi connectivity index (χ1n) is 10.7. The highest BCUT2D eigenvalue weighted by Gasteiger charge is 2.49. The van der Waals surface area contributed by atoms with Crippen molar-refractivity contribution in [1.82, 2.24) is 0 Å². The van der Waals surface area contributed by atoms with Crippen LogP contribution in [0.4, 0.5) is 0 Å². The summed E-state index contributed by atoms with van der Waals surface area (Å²) < 4.78 is 10.4. The molecule has 1 aliphatic heterocycles. The molecule has 0 bridgehead atoms. The molecule has 0 radical (unpaired) electrons. The average Bonchev–Trinajstić information content (AvgIpc) is 3.06. The van der Waals surface area contributed by atoms with Crippen LogP contribution in [0.5, 0.6) is 11.5 Å². The summed E-state index contributed by atoms with van der Waals surface area (Å²) >= 11 is 0. The Morgan fingerprint density at radius 2 is 1.48 bits per heavy atom. The fraction of sp³-hybridized carbons (Fsp3) is 0.360. The number of nitrogens with zero attached hydrogens (tertiary/aromatic N) is 2. The Labute approximate surface area is 182 Å². The Morgan fingerprint density at radius 1 is 0.935 bits per heavy atom. The van der Waals surface area contributed by atoms with Gasteiger partial charge in [-0.05, 0) is 72.7 Å². The zero-order valence-electron chi connectivity index (χ0n) is 18.1. The van der Waals surface area contributed by atoms with Gasteiger partial charge in [-0.25, -0.2) is 0 Å². The molecule has 160 valence electrons. The van der Waals surface area contributed by atoms with Gasteiger partial charge >= 0.3 is 11.9 Å². The molecular weight excluding hydrogens is 392 g/mol. The van der Waals surface area contributed by atoms with E-state index in [4.69, 9.17) is 14.6 Å². The Bertz CT molecular complexity index is 1050. The second kappa shape index (κ2) is 8.46. The first-order chi connectivity index (χ1) is 14.9. The number of azo groups is 1. The van der Waals surface area contributed by atoms with Crippen LogP contribution in [0.25, 0.3) is 5.70 Å². The van der Waals surface area contributed by atoms with Crippen LogP contribution in [0.3, 0.4) is 0 Å². The number of esters is 2. The van der Waals surface area contributed by atoms with Gasteiger partial charge in [0.15, 0.2) is 0 Å². The predicted octanol–water partition coefficient (Wildman–Crippen LogP) is 5.82. The van der Waals surface area contributed by atoms with Gasteiger partial charge in [0.2, 0.25) is 0 Å². The molecule has 1 saturated carbocycles. The molecule has 0 aromatic heterocycles. The summed E-state index contributed by atoms with van der Waals surface area (Å²) in [5.74, 6) is 0.747. The van der Waals surface area contributed by atoms with Crippen LogP contribution in [0.1, 0.15) is 57.6 Å². The molecule has 1 atom stereocenters. The Balaban J connectivity index is 1.74. The van der Waals surface area contributed by atoms with Crippen LogP contribution < -0.4 is 9.47 Å². The van der Waals surface area contributed by atoms with Gasteiger partial charge in [-0.3, -0.25) is 9.59 Å². The van der Waals surface area contributed by atoms with E-state index in [2.05, 4.69) is 12.0 Å². The van der Waals surface area contributed by atoms with E-state index in [0.717, 1.165) is 36.1 Å². The number of carbonyl (C=O) groups excluding carboxylic acids is 2. The lowest BCUT2D eigenvalue weighted by Crippen LogP contribution is -2.38. The lowest BCUT2D eigenvalue weighted by Gasteiger charge is -2.42. The molecule has 6 heteroatoms. The van der Waals surface area contributed by atoms with Crippen molar-refractivity contribution < 1.29 is 19.1 Å². The molecule has 0 saturated heterocycles. The molecule has 1 fully saturated rings. The van der Waals surface area contributed by atoms with Crippen LogP contribution in [0, 0.1) is 5.92 Å². The Morgan fingerprint density at radius 3 is 1.94 bits per heavy atom. The molecule has 0 N–H and O–H groups in total. The van der Waals surface area contributed by atoms with Gasteiger partial charge in [0.1, 0.15) is 17.0 Å². The molecular formula is C25H26N2O4. The average molecular weight is 418 g/mol. The van der Waals surface area contributed by atoms with Gasteiger partial charge in [-0.2, -0.15) is 10.2 Å². The van der Waals surface area contributed by atoms with E-state index in [0.29, 0.717) is 17.4 Å². The number of benzene rings is 2. The van der Waals surface area contributed by atoms with Crippen LogP contribution >= 0.6 is 0 Å². The van der Waals surface area contributed by atoms with E-state index in [1.807, 2.05) is 36.4 Å². The van der Waals surface area contributed by atoms with E-state index in [9.17, 15) is 9.59 Å². The normalized spacial score (nSPS) is 20.5. The first-order valence-corrected chi connectivity index (χ1v) is 10.7. The van der Waals surface area contributed by atoms with Crippen molar-refractivity contribution in [2.45, 2.75) is 52.0 Å². The smallest absolute Gasteiger partial charge is 0.308 e. The summed E-state index contributed by atoms with van der Waals surface area (Å²) in [7, 11) is 0. The molecule has 2 aromatic carbocycles. The third-order valence-electron chi connectivity index (χ3n) is 6.05. The fourth-order valence-corrected chi connectivity index (χ4v) is 4.51. The topological polar surface area (TPSA) is 77.3 Å². The van der Waals surface area contributed by atoms with Crippen LogP contribution in [-0.2, 0) is 15.1 Å². The summed E-state index contributed by atoms with van der Waals surface area (Å²) in [6.07, 6.45) is 4.22. The lowest BCUT2D eigenvalue weighted by atomic mass is 9.64. The Kier molecular flexibility index (Phi) is 5.72. The molecule has 1 heterocycles. The SMILES string of the molecule is CCC1=C(c2ccc(OC(C)=O)cc2)N=NC1(c1ccc(OC(C)=O)cc1)C1CCC1. The minimum atomic E-state index is -0.494. The number of rotatable bonds is 6. The van der Waals surface area contributed by atoms with Gasteiger partial charge < -0.3 is 9.47 Å². The molecule has 4 rings (SSSR count). The quantitative estimate of drug-likeness (QED) is 0.437. The van der Waals surface area contributed by atoms with E-state index >= 15 is 0 Å². The van der Waals surface area contributed by atoms with Gasteiger partial charge in [-0.1, -0.05) is 25.5 Å². The maximum absolute atomic E-state index is 11.3. The van der Waals surface area contributed by atoms with Crippen molar-refractivity contribution in [1.29, 1.82) is 0 Å². The lowest BCUT2D eigenvalue weighted by molar-refractivity contribution is -0.132. The van der Waals surface area contributed by atoms with Crippen molar-refractivity contribution in [2.75, 3.05) is 0 Å². The van der Waals surface area contributed by atoms with E-state index in [-0.39, 0.29) is 11.9 Å². The molecule has 1 aliphatic carbocycles. The number of hydrogen-bond acceptors (Lipinski definition) is 6. The second-order valence-electron chi connectivity index (χ2n) is 8.01. The van der Waals surface area contributed by atoms with E-state index in [1.54, 1.807) is 12.1 Å². The third kappa shape index (κ3) is 3.90. The number of ether oxygens (including phenoxy) is 2. The molecule has 31 heavy (non-hydrogen) atoms. The molecule has 0 amide bonds. The van der Waals surface area contributed by atoms with E-state index < -0.39 is 5.54 Å². The highest BCUT2D eigenvalue weighted by molar-refractivity contribution is 5.74. The summed E-state index contributed by atoms with van der Waals surface area (Å²) in [4.78, 5) is 22.5. The van der Waals surface area contributed by atoms with Gasteiger partial charge in [0.05, 0.1) is 5.70 Å². The second-order valence-corrected chi connectivity index (χ2v) is 8.01. The summed E-state index contributed by atoms with van der Waals surface area (Å²) in [6, 6.07) is 15.0. The van der Waals surface area contributed by atoms with Gasteiger partial charge in [0, 0.05) is 19.4 Å². The zero-order valence-corrected chi connectivity index (χ0v) is 18.1. The first kappa shape index (κ1) is 21.0. The van der Waals surface area contributed by atoms with Gasteiger partial charge in [-0.15, -0.1) is 0 Å². The highest BCUT2D eigenvalue weighted by Crippen LogP contribution is 2.56. The Hall–Kier alpha value is -3.28. The number of hydrogen-bond donors (Lipinski definition) is 0. The molecule has 0 spiro atoms. The molecule has 1 unspecified atom stereocenters. The largest absolute Gasteiger partial charge is 0.427 e. The van der Waals surface area contributed by atoms with Crippen molar-refractivity contribution in [3.8, 4) is 11.5 Å². The van der Waals surface area contributed by atoms with Crippen molar-refractivity contribution in [3.63, 3.8) is 0 Å². The van der Waals surface area contributed by atoms with Crippen molar-refractivity contribution in [2.24, 2.45) is 16.1 Å². The fourth-order valence-electron chi connectivity index (χ4n) is 4.51. The van der Waals surface area contributed by atoms with Crippen LogP contribution in [0.15, 0.2) is 64.3 Å². The third-order valence-corrected chi connectivity index (χ3v) is 6.05. The minimum absolute atomic E-state index is 0.337. The maximum Gasteiger partial charge on any atom is 0.308 e. The molecule has 6 nitrogen and oxygen atoms in total. The van der Waals surface area contributed by atoms with E-state index in [1.165, 1.54) is 25.8 Å². The van der Waals surface area contributed by atoms with Crippen molar-refractivity contribution in [3.05, 3.63) is 65.2 Å². The summed E-state index contributed by atoms with van der Waals surface area (Å²) in [5, 5.41) is 9.55. The van der Waals surface area contributed by atoms with Gasteiger partial charge in [0.25, 0.3) is 0 Å². The zero-order chi connectivity index (χ0) is 22.0. The van der Waals surface area contributed by atoms with Crippen molar-refractivity contribution >= 4 is 17.6 Å². The number of carbonyl (C=O) groups is 2. The van der Waals surface area contributed by atoms with Crippen LogP contribution in [0.2, 0.25) is 0 Å². The highest BCUT2D eigenvalue weighted by atomic mass is 16.5.